The number of pyridine rings is 1. The van der Waals surface area contributed by atoms with Gasteiger partial charge in [0, 0.05) is 15.8 Å². The monoisotopic (exact) mass is 383 g/mol. The van der Waals surface area contributed by atoms with Crippen LogP contribution in [0.4, 0.5) is 5.00 Å². The standard InChI is InChI=1S/C20H18ClN3OS/c1-10-6-7-14-11(8-10)9-13(17(21)22-14)18-23-19(25)16-12-4-2-3-5-15(12)26-20(16)24-18/h6-9,18,24H,2-5H2,1H3,(H,23,25)/t18-/m0/s1. The molecule has 6 heteroatoms. The fourth-order valence-electron chi connectivity index (χ4n) is 3.92. The highest BCUT2D eigenvalue weighted by Crippen LogP contribution is 2.42. The van der Waals surface area contributed by atoms with Gasteiger partial charge in [0.05, 0.1) is 11.1 Å². The lowest BCUT2D eigenvalue weighted by atomic mass is 9.94. The van der Waals surface area contributed by atoms with Crippen molar-refractivity contribution in [1.29, 1.82) is 0 Å². The number of carbonyl (C=O) groups is 1. The predicted octanol–water partition coefficient (Wildman–Crippen LogP) is 4.99. The second-order valence-electron chi connectivity index (χ2n) is 7.03. The molecule has 1 aliphatic carbocycles. The molecule has 1 aliphatic heterocycles. The smallest absolute Gasteiger partial charge is 0.256 e. The molecule has 0 fully saturated rings. The van der Waals surface area contributed by atoms with Gasteiger partial charge in [0.15, 0.2) is 0 Å². The molecule has 2 aromatic heterocycles. The summed E-state index contributed by atoms with van der Waals surface area (Å²) in [5.74, 6) is -0.0106. The largest absolute Gasteiger partial charge is 0.353 e. The van der Waals surface area contributed by atoms with Crippen molar-refractivity contribution < 1.29 is 4.79 Å². The fourth-order valence-corrected chi connectivity index (χ4v) is 5.49. The second kappa shape index (κ2) is 5.96. The average molecular weight is 384 g/mol. The molecule has 26 heavy (non-hydrogen) atoms. The van der Waals surface area contributed by atoms with E-state index in [1.165, 1.54) is 22.4 Å². The Balaban J connectivity index is 1.58. The molecular weight excluding hydrogens is 366 g/mol. The minimum atomic E-state index is -0.361. The minimum Gasteiger partial charge on any atom is -0.353 e. The lowest BCUT2D eigenvalue weighted by molar-refractivity contribution is 0.0935. The van der Waals surface area contributed by atoms with Crippen LogP contribution < -0.4 is 10.6 Å². The molecule has 1 amide bonds. The lowest BCUT2D eigenvalue weighted by Crippen LogP contribution is -2.38. The van der Waals surface area contributed by atoms with Crippen LogP contribution >= 0.6 is 22.9 Å². The molecule has 3 aromatic rings. The number of anilines is 1. The lowest BCUT2D eigenvalue weighted by Gasteiger charge is -2.27. The van der Waals surface area contributed by atoms with Gasteiger partial charge in [0.25, 0.3) is 5.91 Å². The molecule has 0 saturated heterocycles. The molecule has 0 spiro atoms. The van der Waals surface area contributed by atoms with E-state index >= 15 is 0 Å². The van der Waals surface area contributed by atoms with E-state index in [0.29, 0.717) is 5.15 Å². The zero-order chi connectivity index (χ0) is 17.8. The quantitative estimate of drug-likeness (QED) is 0.582. The predicted molar refractivity (Wildman–Crippen MR) is 106 cm³/mol. The van der Waals surface area contributed by atoms with E-state index in [0.717, 1.165) is 46.3 Å². The van der Waals surface area contributed by atoms with E-state index in [-0.39, 0.29) is 12.1 Å². The maximum atomic E-state index is 12.8. The number of amides is 1. The van der Waals surface area contributed by atoms with Gasteiger partial charge in [-0.3, -0.25) is 4.79 Å². The number of carbonyl (C=O) groups excluding carboxylic acids is 1. The average Bonchev–Trinajstić information content (AvgIpc) is 3.00. The number of hydrogen-bond acceptors (Lipinski definition) is 4. The first-order valence-corrected chi connectivity index (χ1v) is 10.1. The van der Waals surface area contributed by atoms with E-state index in [4.69, 9.17) is 11.6 Å². The van der Waals surface area contributed by atoms with Gasteiger partial charge in [-0.15, -0.1) is 11.3 Å². The van der Waals surface area contributed by atoms with Crippen LogP contribution in [0.25, 0.3) is 10.9 Å². The van der Waals surface area contributed by atoms with Gasteiger partial charge in [0.2, 0.25) is 0 Å². The Hall–Kier alpha value is -2.11. The molecule has 0 radical (unpaired) electrons. The van der Waals surface area contributed by atoms with E-state index < -0.39 is 0 Å². The summed E-state index contributed by atoms with van der Waals surface area (Å²) < 4.78 is 0. The Morgan fingerprint density at radius 2 is 2.04 bits per heavy atom. The van der Waals surface area contributed by atoms with E-state index in [2.05, 4.69) is 28.6 Å². The van der Waals surface area contributed by atoms with E-state index in [1.54, 1.807) is 11.3 Å². The highest BCUT2D eigenvalue weighted by molar-refractivity contribution is 7.16. The Kier molecular flexibility index (Phi) is 3.69. The van der Waals surface area contributed by atoms with Gasteiger partial charge >= 0.3 is 0 Å². The molecule has 1 aromatic carbocycles. The van der Waals surface area contributed by atoms with Crippen LogP contribution in [-0.2, 0) is 12.8 Å². The first-order valence-electron chi connectivity index (χ1n) is 8.89. The molecule has 3 heterocycles. The molecule has 5 rings (SSSR count). The number of fused-ring (bicyclic) bond motifs is 4. The number of aryl methyl sites for hydroxylation is 2. The molecule has 0 unspecified atom stereocenters. The third-order valence-electron chi connectivity index (χ3n) is 5.21. The number of aromatic nitrogens is 1. The van der Waals surface area contributed by atoms with Gasteiger partial charge in [-0.1, -0.05) is 23.2 Å². The first-order chi connectivity index (χ1) is 12.6. The number of benzene rings is 1. The second-order valence-corrected chi connectivity index (χ2v) is 8.49. The van der Waals surface area contributed by atoms with E-state index in [9.17, 15) is 4.79 Å². The van der Waals surface area contributed by atoms with Crippen molar-refractivity contribution in [1.82, 2.24) is 10.3 Å². The van der Waals surface area contributed by atoms with Crippen molar-refractivity contribution in [2.24, 2.45) is 0 Å². The van der Waals surface area contributed by atoms with Crippen molar-refractivity contribution in [3.63, 3.8) is 0 Å². The zero-order valence-electron chi connectivity index (χ0n) is 14.4. The van der Waals surface area contributed by atoms with Crippen LogP contribution in [-0.4, -0.2) is 10.9 Å². The summed E-state index contributed by atoms with van der Waals surface area (Å²) in [5.41, 5.74) is 4.90. The van der Waals surface area contributed by atoms with Crippen molar-refractivity contribution in [2.45, 2.75) is 38.8 Å². The van der Waals surface area contributed by atoms with Gasteiger partial charge in [-0.25, -0.2) is 4.98 Å². The summed E-state index contributed by atoms with van der Waals surface area (Å²) in [6.45, 7) is 2.05. The molecule has 2 N–H and O–H groups in total. The van der Waals surface area contributed by atoms with Crippen LogP contribution in [0.3, 0.4) is 0 Å². The highest BCUT2D eigenvalue weighted by Gasteiger charge is 2.33. The molecule has 4 nitrogen and oxygen atoms in total. The summed E-state index contributed by atoms with van der Waals surface area (Å²) in [7, 11) is 0. The van der Waals surface area contributed by atoms with Crippen LogP contribution in [0.5, 0.6) is 0 Å². The molecule has 132 valence electrons. The normalized spacial score (nSPS) is 18.8. The van der Waals surface area contributed by atoms with Crippen molar-refractivity contribution in [3.8, 4) is 0 Å². The Morgan fingerprint density at radius 3 is 2.92 bits per heavy atom. The minimum absolute atomic E-state index is 0.0106. The number of halogens is 1. The molecular formula is C20H18ClN3OS. The third kappa shape index (κ3) is 2.49. The summed E-state index contributed by atoms with van der Waals surface area (Å²) in [6.07, 6.45) is 4.08. The van der Waals surface area contributed by atoms with Crippen molar-refractivity contribution >= 4 is 44.7 Å². The summed E-state index contributed by atoms with van der Waals surface area (Å²) in [6, 6.07) is 8.10. The SMILES string of the molecule is Cc1ccc2nc(Cl)c([C@H]3NC(=O)c4c(sc5c4CCCC5)N3)cc2c1. The van der Waals surface area contributed by atoms with E-state index in [1.807, 2.05) is 18.2 Å². The summed E-state index contributed by atoms with van der Waals surface area (Å²) in [4.78, 5) is 18.7. The number of thiophene rings is 1. The number of hydrogen-bond donors (Lipinski definition) is 2. The first kappa shape index (κ1) is 16.1. The maximum Gasteiger partial charge on any atom is 0.256 e. The van der Waals surface area contributed by atoms with Crippen LogP contribution in [0.2, 0.25) is 5.15 Å². The van der Waals surface area contributed by atoms with Crippen molar-refractivity contribution in [3.05, 3.63) is 56.5 Å². The Bertz CT molecular complexity index is 1060. The molecule has 1 atom stereocenters. The Morgan fingerprint density at radius 1 is 1.19 bits per heavy atom. The van der Waals surface area contributed by atoms with Gasteiger partial charge < -0.3 is 10.6 Å². The fraction of sp³-hybridized carbons (Fsp3) is 0.300. The highest BCUT2D eigenvalue weighted by atomic mass is 35.5. The number of nitrogens with zero attached hydrogens (tertiary/aromatic N) is 1. The summed E-state index contributed by atoms with van der Waals surface area (Å²) in [5, 5.41) is 8.97. The topological polar surface area (TPSA) is 54.0 Å². The maximum absolute atomic E-state index is 12.8. The van der Waals surface area contributed by atoms with Crippen LogP contribution in [0.1, 0.15) is 50.9 Å². The van der Waals surface area contributed by atoms with Crippen LogP contribution in [0.15, 0.2) is 24.3 Å². The Labute approximate surface area is 160 Å². The van der Waals surface area contributed by atoms with Crippen LogP contribution in [0, 0.1) is 6.92 Å². The van der Waals surface area contributed by atoms with Gasteiger partial charge in [-0.2, -0.15) is 0 Å². The van der Waals surface area contributed by atoms with Gasteiger partial charge in [-0.05, 0) is 56.4 Å². The molecule has 2 aliphatic rings. The number of nitrogens with one attached hydrogen (secondary N) is 2. The third-order valence-corrected chi connectivity index (χ3v) is 6.74. The zero-order valence-corrected chi connectivity index (χ0v) is 15.9. The van der Waals surface area contributed by atoms with Crippen molar-refractivity contribution in [2.75, 3.05) is 5.32 Å². The van der Waals surface area contributed by atoms with Gasteiger partial charge in [0.1, 0.15) is 16.3 Å². The molecule has 0 bridgehead atoms. The molecule has 0 saturated carbocycles. The number of rotatable bonds is 1. The summed E-state index contributed by atoms with van der Waals surface area (Å²) >= 11 is 8.17.